The molecule has 2 rings (SSSR count). The smallest absolute Gasteiger partial charge is 0.0476 e. The molecule has 4 unspecified atom stereocenters. The summed E-state index contributed by atoms with van der Waals surface area (Å²) in [5.74, 6) is 0.747. The topological polar surface area (TPSA) is 15.3 Å². The molecule has 2 nitrogen and oxygen atoms in total. The Morgan fingerprint density at radius 1 is 1.26 bits per heavy atom. The minimum atomic E-state index is 0.515. The normalized spacial score (nSPS) is 28.0. The summed E-state index contributed by atoms with van der Waals surface area (Å²) in [6.45, 7) is 11.6. The molecule has 0 aromatic heterocycles. The highest BCUT2D eigenvalue weighted by molar-refractivity contribution is 5.20. The first-order valence-corrected chi connectivity index (χ1v) is 7.67. The lowest BCUT2D eigenvalue weighted by molar-refractivity contribution is 0.0654. The molecule has 1 aliphatic heterocycles. The number of nitrogens with one attached hydrogen (secondary N) is 1. The highest BCUT2D eigenvalue weighted by Gasteiger charge is 2.31. The molecule has 1 aliphatic rings. The van der Waals surface area contributed by atoms with Crippen molar-refractivity contribution in [2.75, 3.05) is 13.1 Å². The standard InChI is InChI=1S/C17H28N2/c1-5-13(2)15(4)19-12-14(3)18-11-17(19)16-9-7-6-8-10-16/h6-10,13-15,17-18H,5,11-12H2,1-4H3. The van der Waals surface area contributed by atoms with Crippen LogP contribution in [0.15, 0.2) is 30.3 Å². The van der Waals surface area contributed by atoms with Crippen LogP contribution < -0.4 is 5.32 Å². The predicted molar refractivity (Wildman–Crippen MR) is 82.3 cm³/mol. The average Bonchev–Trinajstić information content (AvgIpc) is 2.46. The monoisotopic (exact) mass is 260 g/mol. The number of nitrogens with zero attached hydrogens (tertiary/aromatic N) is 1. The fourth-order valence-corrected chi connectivity index (χ4v) is 3.04. The van der Waals surface area contributed by atoms with E-state index in [2.05, 4.69) is 68.2 Å². The summed E-state index contributed by atoms with van der Waals surface area (Å²) >= 11 is 0. The molecule has 2 heteroatoms. The van der Waals surface area contributed by atoms with Gasteiger partial charge in [0.1, 0.15) is 0 Å². The van der Waals surface area contributed by atoms with E-state index in [1.807, 2.05) is 0 Å². The SMILES string of the molecule is CCC(C)C(C)N1CC(C)NCC1c1ccccc1. The molecule has 0 spiro atoms. The molecule has 0 saturated carbocycles. The second-order valence-corrected chi connectivity index (χ2v) is 6.06. The van der Waals surface area contributed by atoms with Crippen LogP contribution in [0.1, 0.15) is 45.7 Å². The first kappa shape index (κ1) is 14.5. The molecule has 1 saturated heterocycles. The molecule has 0 radical (unpaired) electrons. The molecule has 0 bridgehead atoms. The van der Waals surface area contributed by atoms with Crippen molar-refractivity contribution >= 4 is 0 Å². The number of benzene rings is 1. The third-order valence-corrected chi connectivity index (χ3v) is 4.72. The van der Waals surface area contributed by atoms with E-state index >= 15 is 0 Å². The van der Waals surface area contributed by atoms with Crippen LogP contribution in [0.25, 0.3) is 0 Å². The molecule has 1 fully saturated rings. The van der Waals surface area contributed by atoms with Gasteiger partial charge in [0, 0.05) is 31.2 Å². The van der Waals surface area contributed by atoms with Crippen LogP contribution in [0.2, 0.25) is 0 Å². The zero-order valence-electron chi connectivity index (χ0n) is 12.8. The van der Waals surface area contributed by atoms with Gasteiger partial charge in [-0.2, -0.15) is 0 Å². The van der Waals surface area contributed by atoms with Crippen molar-refractivity contribution in [3.05, 3.63) is 35.9 Å². The third kappa shape index (κ3) is 3.37. The Morgan fingerprint density at radius 3 is 2.58 bits per heavy atom. The molecule has 1 N–H and O–H groups in total. The molecule has 1 aromatic rings. The van der Waals surface area contributed by atoms with E-state index in [-0.39, 0.29) is 0 Å². The number of hydrogen-bond acceptors (Lipinski definition) is 2. The van der Waals surface area contributed by atoms with E-state index in [4.69, 9.17) is 0 Å². The van der Waals surface area contributed by atoms with Crippen LogP contribution in [-0.4, -0.2) is 30.1 Å². The van der Waals surface area contributed by atoms with Crippen LogP contribution in [-0.2, 0) is 0 Å². The second kappa shape index (κ2) is 6.53. The molecule has 4 atom stereocenters. The van der Waals surface area contributed by atoms with Crippen LogP contribution >= 0.6 is 0 Å². The van der Waals surface area contributed by atoms with Crippen LogP contribution in [0.5, 0.6) is 0 Å². The lowest BCUT2D eigenvalue weighted by Gasteiger charge is -2.45. The zero-order chi connectivity index (χ0) is 13.8. The Labute approximate surface area is 118 Å². The largest absolute Gasteiger partial charge is 0.311 e. The van der Waals surface area contributed by atoms with E-state index in [9.17, 15) is 0 Å². The quantitative estimate of drug-likeness (QED) is 0.892. The molecular weight excluding hydrogens is 232 g/mol. The van der Waals surface area contributed by atoms with Gasteiger partial charge in [-0.05, 0) is 25.3 Å². The van der Waals surface area contributed by atoms with Crippen molar-refractivity contribution in [2.24, 2.45) is 5.92 Å². The van der Waals surface area contributed by atoms with Crippen LogP contribution in [0.3, 0.4) is 0 Å². The summed E-state index contributed by atoms with van der Waals surface area (Å²) in [6, 6.07) is 12.7. The Hall–Kier alpha value is -0.860. The van der Waals surface area contributed by atoms with E-state index in [0.29, 0.717) is 18.1 Å². The third-order valence-electron chi connectivity index (χ3n) is 4.72. The molecule has 1 heterocycles. The number of piperazine rings is 1. The number of rotatable bonds is 4. The highest BCUT2D eigenvalue weighted by atomic mass is 15.3. The summed E-state index contributed by atoms with van der Waals surface area (Å²) in [5, 5.41) is 3.63. The summed E-state index contributed by atoms with van der Waals surface area (Å²) < 4.78 is 0. The van der Waals surface area contributed by atoms with Crippen molar-refractivity contribution in [1.29, 1.82) is 0 Å². The first-order valence-electron chi connectivity index (χ1n) is 7.67. The lowest BCUT2D eigenvalue weighted by Crippen LogP contribution is -2.55. The Morgan fingerprint density at radius 2 is 1.95 bits per heavy atom. The van der Waals surface area contributed by atoms with E-state index in [0.717, 1.165) is 19.0 Å². The van der Waals surface area contributed by atoms with E-state index in [1.165, 1.54) is 12.0 Å². The van der Waals surface area contributed by atoms with Gasteiger partial charge >= 0.3 is 0 Å². The summed E-state index contributed by atoms with van der Waals surface area (Å²) in [5.41, 5.74) is 1.44. The zero-order valence-corrected chi connectivity index (χ0v) is 12.8. The van der Waals surface area contributed by atoms with Crippen molar-refractivity contribution in [1.82, 2.24) is 10.2 Å². The fraction of sp³-hybridized carbons (Fsp3) is 0.647. The highest BCUT2D eigenvalue weighted by Crippen LogP contribution is 2.28. The van der Waals surface area contributed by atoms with E-state index in [1.54, 1.807) is 0 Å². The van der Waals surface area contributed by atoms with Gasteiger partial charge in [0.2, 0.25) is 0 Å². The van der Waals surface area contributed by atoms with Gasteiger partial charge in [0.25, 0.3) is 0 Å². The summed E-state index contributed by atoms with van der Waals surface area (Å²) in [4.78, 5) is 2.70. The van der Waals surface area contributed by atoms with Crippen molar-refractivity contribution in [2.45, 2.75) is 52.2 Å². The van der Waals surface area contributed by atoms with Gasteiger partial charge in [-0.15, -0.1) is 0 Å². The first-order chi connectivity index (χ1) is 9.13. The number of hydrogen-bond donors (Lipinski definition) is 1. The van der Waals surface area contributed by atoms with Crippen molar-refractivity contribution in [3.63, 3.8) is 0 Å². The summed E-state index contributed by atoms with van der Waals surface area (Å²) in [6.07, 6.45) is 1.25. The molecule has 0 aliphatic carbocycles. The van der Waals surface area contributed by atoms with Gasteiger partial charge in [-0.1, -0.05) is 50.6 Å². The van der Waals surface area contributed by atoms with Crippen LogP contribution in [0, 0.1) is 5.92 Å². The molecule has 19 heavy (non-hydrogen) atoms. The molecule has 0 amide bonds. The fourth-order valence-electron chi connectivity index (χ4n) is 3.04. The molecular formula is C17H28N2. The maximum Gasteiger partial charge on any atom is 0.0476 e. The Balaban J connectivity index is 2.19. The van der Waals surface area contributed by atoms with Gasteiger partial charge in [-0.3, -0.25) is 4.90 Å². The molecule has 1 aromatic carbocycles. The second-order valence-electron chi connectivity index (χ2n) is 6.06. The summed E-state index contributed by atoms with van der Waals surface area (Å²) in [7, 11) is 0. The molecule has 106 valence electrons. The average molecular weight is 260 g/mol. The Kier molecular flexibility index (Phi) is 5.00. The lowest BCUT2D eigenvalue weighted by atomic mass is 9.93. The van der Waals surface area contributed by atoms with Gasteiger partial charge in [0.15, 0.2) is 0 Å². The van der Waals surface area contributed by atoms with Gasteiger partial charge in [0.05, 0.1) is 0 Å². The Bertz CT molecular complexity index is 376. The van der Waals surface area contributed by atoms with Gasteiger partial charge in [-0.25, -0.2) is 0 Å². The van der Waals surface area contributed by atoms with E-state index < -0.39 is 0 Å². The van der Waals surface area contributed by atoms with Crippen molar-refractivity contribution in [3.8, 4) is 0 Å². The maximum atomic E-state index is 3.63. The maximum absolute atomic E-state index is 3.63. The minimum absolute atomic E-state index is 0.515. The minimum Gasteiger partial charge on any atom is -0.311 e. The van der Waals surface area contributed by atoms with Crippen LogP contribution in [0.4, 0.5) is 0 Å². The van der Waals surface area contributed by atoms with Gasteiger partial charge < -0.3 is 5.32 Å². The predicted octanol–water partition coefficient (Wildman–Crippen LogP) is 3.46. The van der Waals surface area contributed by atoms with Crippen molar-refractivity contribution < 1.29 is 0 Å².